The maximum atomic E-state index is 9.95. The largest absolute Gasteiger partial charge is 0.507 e. The van der Waals surface area contributed by atoms with Crippen molar-refractivity contribution in [3.63, 3.8) is 0 Å². The predicted octanol–water partition coefficient (Wildman–Crippen LogP) is 0.610. The number of phenolic OH excluding ortho intramolecular Hbond substituents is 1. The van der Waals surface area contributed by atoms with Gasteiger partial charge in [0.25, 0.3) is 0 Å². The summed E-state index contributed by atoms with van der Waals surface area (Å²) < 4.78 is 0. The summed E-state index contributed by atoms with van der Waals surface area (Å²) >= 11 is 5.05. The van der Waals surface area contributed by atoms with E-state index in [2.05, 4.69) is 22.4 Å². The van der Waals surface area contributed by atoms with Crippen molar-refractivity contribution >= 4 is 34.3 Å². The van der Waals surface area contributed by atoms with Gasteiger partial charge in [0.1, 0.15) is 5.75 Å². The Morgan fingerprint density at radius 3 is 2.90 bits per heavy atom. The third-order valence-corrected chi connectivity index (χ3v) is 3.00. The lowest BCUT2D eigenvalue weighted by Gasteiger charge is -2.03. The topological polar surface area (TPSA) is 58.3 Å². The molecule has 0 fully saturated rings. The van der Waals surface area contributed by atoms with Gasteiger partial charge in [0, 0.05) is 6.54 Å². The average molecular weight is 286 g/mol. The van der Waals surface area contributed by atoms with Crippen molar-refractivity contribution in [2.75, 3.05) is 6.54 Å². The van der Waals surface area contributed by atoms with Crippen LogP contribution in [-0.4, -0.2) is 23.0 Å². The fourth-order valence-electron chi connectivity index (χ4n) is 1.82. The Kier molecular flexibility index (Phi) is 4.68. The Hall–Kier alpha value is -2.40. The highest BCUT2D eigenvalue weighted by Crippen LogP contribution is 2.24. The zero-order valence-corrected chi connectivity index (χ0v) is 11.7. The van der Waals surface area contributed by atoms with Gasteiger partial charge in [-0.25, -0.2) is 0 Å². The molecular weight excluding hydrogens is 270 g/mol. The van der Waals surface area contributed by atoms with Gasteiger partial charge in [-0.2, -0.15) is 0 Å². The molecule has 0 atom stereocenters. The zero-order valence-electron chi connectivity index (χ0n) is 10.9. The highest BCUT2D eigenvalue weighted by molar-refractivity contribution is 7.80. The van der Waals surface area contributed by atoms with E-state index in [1.807, 2.05) is 30.3 Å². The van der Waals surface area contributed by atoms with E-state index in [0.717, 1.165) is 10.8 Å². The Balaban J connectivity index is 2.18. The molecule has 0 saturated heterocycles. The molecular formula is C15H16N3OS+. The Bertz CT molecular complexity index is 667. The lowest BCUT2D eigenvalue weighted by Crippen LogP contribution is -2.82. The molecule has 0 aliphatic heterocycles. The molecule has 2 aromatic rings. The number of fused-ring (bicyclic) bond motifs is 1. The quantitative estimate of drug-likeness (QED) is 0.288. The molecule has 102 valence electrons. The predicted molar refractivity (Wildman–Crippen MR) is 85.7 cm³/mol. The molecule has 0 aromatic heterocycles. The van der Waals surface area contributed by atoms with Crippen molar-refractivity contribution in [2.45, 2.75) is 0 Å². The van der Waals surface area contributed by atoms with Gasteiger partial charge in [0.05, 0.1) is 5.56 Å². The Labute approximate surface area is 122 Å². The summed E-state index contributed by atoms with van der Waals surface area (Å²) in [7, 11) is 0. The average Bonchev–Trinajstić information content (AvgIpc) is 2.47. The Morgan fingerprint density at radius 2 is 2.10 bits per heavy atom. The van der Waals surface area contributed by atoms with Gasteiger partial charge in [0.2, 0.25) is 11.3 Å². The van der Waals surface area contributed by atoms with Crippen molar-refractivity contribution in [3.05, 3.63) is 54.6 Å². The molecule has 0 saturated carbocycles. The van der Waals surface area contributed by atoms with Crippen LogP contribution in [0, 0.1) is 0 Å². The van der Waals surface area contributed by atoms with Gasteiger partial charge >= 0.3 is 0 Å². The minimum atomic E-state index is 0.211. The highest BCUT2D eigenvalue weighted by Gasteiger charge is 2.06. The lowest BCUT2D eigenvalue weighted by molar-refractivity contribution is -0.500. The molecule has 2 rings (SSSR count). The van der Waals surface area contributed by atoms with Gasteiger partial charge < -0.3 is 10.4 Å². The number of nitrogens with one attached hydrogen (secondary N) is 3. The molecule has 0 aliphatic carbocycles. The van der Waals surface area contributed by atoms with E-state index in [1.54, 1.807) is 18.4 Å². The van der Waals surface area contributed by atoms with Crippen LogP contribution in [0.1, 0.15) is 5.56 Å². The van der Waals surface area contributed by atoms with Gasteiger partial charge in [-0.1, -0.05) is 36.4 Å². The normalized spacial score (nSPS) is 10.6. The number of phenols is 1. The van der Waals surface area contributed by atoms with Gasteiger partial charge in [-0.3, -0.25) is 0 Å². The van der Waals surface area contributed by atoms with Crippen LogP contribution in [0.15, 0.2) is 49.1 Å². The number of rotatable bonds is 4. The number of hydrazone groups is 1. The van der Waals surface area contributed by atoms with Crippen LogP contribution in [0.4, 0.5) is 0 Å². The van der Waals surface area contributed by atoms with Crippen LogP contribution in [0.5, 0.6) is 5.75 Å². The first-order chi connectivity index (χ1) is 9.72. The molecule has 4 nitrogen and oxygen atoms in total. The smallest absolute Gasteiger partial charge is 0.224 e. The molecule has 0 heterocycles. The first-order valence-electron chi connectivity index (χ1n) is 6.16. The van der Waals surface area contributed by atoms with E-state index >= 15 is 0 Å². The van der Waals surface area contributed by atoms with Crippen LogP contribution in [0.25, 0.3) is 10.8 Å². The summed E-state index contributed by atoms with van der Waals surface area (Å²) in [6.45, 7) is 4.19. The lowest BCUT2D eigenvalue weighted by atomic mass is 10.0. The minimum Gasteiger partial charge on any atom is -0.507 e. The molecule has 0 aliphatic rings. The molecule has 4 N–H and O–H groups in total. The van der Waals surface area contributed by atoms with Gasteiger partial charge in [-0.15, -0.1) is 17.1 Å². The van der Waals surface area contributed by atoms with Crippen molar-refractivity contribution < 1.29 is 10.2 Å². The van der Waals surface area contributed by atoms with E-state index in [4.69, 9.17) is 12.2 Å². The first kappa shape index (κ1) is 14.0. The van der Waals surface area contributed by atoms with Crippen LogP contribution in [0.3, 0.4) is 0 Å². The zero-order chi connectivity index (χ0) is 14.4. The van der Waals surface area contributed by atoms with Gasteiger partial charge in [-0.05, 0) is 29.1 Å². The highest BCUT2D eigenvalue weighted by atomic mass is 32.1. The summed E-state index contributed by atoms with van der Waals surface area (Å²) in [6.07, 6.45) is 3.40. The molecule has 0 amide bonds. The molecule has 2 aromatic carbocycles. The summed E-state index contributed by atoms with van der Waals surface area (Å²) in [6, 6.07) is 11.4. The van der Waals surface area contributed by atoms with E-state index in [1.165, 1.54) is 0 Å². The monoisotopic (exact) mass is 286 g/mol. The second-order valence-electron chi connectivity index (χ2n) is 4.13. The summed E-state index contributed by atoms with van der Waals surface area (Å²) in [5, 5.41) is 18.2. The molecule has 0 radical (unpaired) electrons. The van der Waals surface area contributed by atoms with E-state index < -0.39 is 0 Å². The number of thiocarbonyl (C=S) groups is 1. The first-order valence-corrected chi connectivity index (χ1v) is 6.57. The van der Waals surface area contributed by atoms with Gasteiger partial charge in [0.15, 0.2) is 0 Å². The molecule has 0 unspecified atom stereocenters. The number of hydrogen-bond acceptors (Lipinski definition) is 2. The second kappa shape index (κ2) is 6.68. The maximum absolute atomic E-state index is 9.95. The van der Waals surface area contributed by atoms with Crippen LogP contribution in [0.2, 0.25) is 0 Å². The molecule has 20 heavy (non-hydrogen) atoms. The summed E-state index contributed by atoms with van der Waals surface area (Å²) in [5.74, 6) is 0.211. The van der Waals surface area contributed by atoms with E-state index in [-0.39, 0.29) is 5.75 Å². The second-order valence-corrected chi connectivity index (χ2v) is 4.54. The van der Waals surface area contributed by atoms with Crippen LogP contribution >= 0.6 is 12.2 Å². The number of hydrogen-bond donors (Lipinski definition) is 4. The number of hydrazine groups is 1. The molecule has 0 spiro atoms. The van der Waals surface area contributed by atoms with Crippen molar-refractivity contribution in [3.8, 4) is 5.75 Å². The third kappa shape index (κ3) is 3.33. The summed E-state index contributed by atoms with van der Waals surface area (Å²) in [5.41, 5.74) is 3.52. The minimum absolute atomic E-state index is 0.211. The van der Waals surface area contributed by atoms with Crippen molar-refractivity contribution in [1.82, 2.24) is 10.7 Å². The molecule has 5 heteroatoms. The Morgan fingerprint density at radius 1 is 1.30 bits per heavy atom. The van der Waals surface area contributed by atoms with E-state index in [0.29, 0.717) is 17.2 Å². The standard InChI is InChI=1S/C15H15N3OS/c1-2-9-16-15(20)18-17-10-13-12-6-4-3-5-11(12)7-8-14(13)19/h2-8,10,19H,1,9H2,(H2,16,18,20)/p+1/b17-10+. The molecule has 0 bridgehead atoms. The maximum Gasteiger partial charge on any atom is 0.224 e. The fraction of sp³-hybridized carbons (Fsp3) is 0.0667. The fourth-order valence-corrected chi connectivity index (χ4v) is 1.96. The van der Waals surface area contributed by atoms with E-state index in [9.17, 15) is 5.11 Å². The van der Waals surface area contributed by atoms with Crippen LogP contribution in [-0.2, 0) is 0 Å². The SMILES string of the molecule is C=CCNC(=S)N/[NH+]=C/c1c(O)ccc2ccccc12. The number of aromatic hydroxyl groups is 1. The van der Waals surface area contributed by atoms with Crippen LogP contribution < -0.4 is 15.8 Å². The van der Waals surface area contributed by atoms with Crippen molar-refractivity contribution in [2.24, 2.45) is 0 Å². The van der Waals surface area contributed by atoms with Crippen molar-refractivity contribution in [1.29, 1.82) is 0 Å². The third-order valence-electron chi connectivity index (χ3n) is 2.76. The summed E-state index contributed by atoms with van der Waals surface area (Å²) in [4.78, 5) is 0. The number of benzene rings is 2.